The van der Waals surface area contributed by atoms with E-state index in [1.165, 1.54) is 26.4 Å². The summed E-state index contributed by atoms with van der Waals surface area (Å²) in [7, 11) is 1.43. The quantitative estimate of drug-likeness (QED) is 0.778. The van der Waals surface area contributed by atoms with Gasteiger partial charge in [0.15, 0.2) is 0 Å². The van der Waals surface area contributed by atoms with Crippen LogP contribution in [0, 0.1) is 5.92 Å². The fourth-order valence-electron chi connectivity index (χ4n) is 3.49. The number of nitrogens with zero attached hydrogens (tertiary/aromatic N) is 1. The molecule has 1 aliphatic heterocycles. The van der Waals surface area contributed by atoms with E-state index >= 15 is 0 Å². The molecule has 4 heteroatoms. The van der Waals surface area contributed by atoms with Crippen molar-refractivity contribution < 1.29 is 14.6 Å². The average molecular weight is 255 g/mol. The third-order valence-electron chi connectivity index (χ3n) is 4.65. The summed E-state index contributed by atoms with van der Waals surface area (Å²) >= 11 is 0. The first-order chi connectivity index (χ1) is 8.65. The molecule has 2 unspecified atom stereocenters. The van der Waals surface area contributed by atoms with E-state index in [0.29, 0.717) is 19.0 Å². The lowest BCUT2D eigenvalue weighted by Gasteiger charge is -2.36. The Kier molecular flexibility index (Phi) is 4.62. The molecule has 4 nitrogen and oxygen atoms in total. The van der Waals surface area contributed by atoms with Crippen molar-refractivity contribution in [2.45, 2.75) is 63.6 Å². The molecule has 2 rings (SSSR count). The van der Waals surface area contributed by atoms with Crippen LogP contribution in [0.15, 0.2) is 0 Å². The molecule has 2 fully saturated rings. The number of likely N-dealkylation sites (tertiary alicyclic amines) is 1. The highest BCUT2D eigenvalue weighted by atomic mass is 16.5. The largest absolute Gasteiger partial charge is 0.468 e. The Labute approximate surface area is 109 Å². The summed E-state index contributed by atoms with van der Waals surface area (Å²) < 4.78 is 4.85. The van der Waals surface area contributed by atoms with Crippen LogP contribution in [0.4, 0.5) is 0 Å². The first-order valence-corrected chi connectivity index (χ1v) is 7.17. The van der Waals surface area contributed by atoms with Crippen LogP contribution < -0.4 is 0 Å². The zero-order valence-electron chi connectivity index (χ0n) is 11.5. The van der Waals surface area contributed by atoms with Gasteiger partial charge >= 0.3 is 5.97 Å². The molecule has 18 heavy (non-hydrogen) atoms. The number of ether oxygens (including phenoxy) is 1. The first kappa shape index (κ1) is 13.8. The minimum Gasteiger partial charge on any atom is -0.468 e. The van der Waals surface area contributed by atoms with Crippen molar-refractivity contribution in [3.8, 4) is 0 Å². The molecular formula is C14H25NO3. The maximum Gasteiger partial charge on any atom is 0.323 e. The molecule has 0 bridgehead atoms. The summed E-state index contributed by atoms with van der Waals surface area (Å²) in [5, 5.41) is 9.79. The number of aliphatic hydroxyl groups excluding tert-OH is 1. The first-order valence-electron chi connectivity index (χ1n) is 7.17. The van der Waals surface area contributed by atoms with Gasteiger partial charge in [-0.25, -0.2) is 0 Å². The van der Waals surface area contributed by atoms with Crippen LogP contribution in [-0.4, -0.2) is 47.8 Å². The van der Waals surface area contributed by atoms with E-state index in [4.69, 9.17) is 4.74 Å². The minimum absolute atomic E-state index is 0.191. The summed E-state index contributed by atoms with van der Waals surface area (Å²) in [6.07, 6.45) is 6.22. The molecule has 1 N–H and O–H groups in total. The molecular weight excluding hydrogens is 230 g/mol. The van der Waals surface area contributed by atoms with E-state index in [2.05, 4.69) is 11.8 Å². The van der Waals surface area contributed by atoms with Crippen molar-refractivity contribution >= 4 is 5.97 Å². The summed E-state index contributed by atoms with van der Waals surface area (Å²) in [4.78, 5) is 13.9. The van der Waals surface area contributed by atoms with Crippen molar-refractivity contribution in [3.63, 3.8) is 0 Å². The van der Waals surface area contributed by atoms with Gasteiger partial charge < -0.3 is 9.84 Å². The normalized spacial score (nSPS) is 37.7. The summed E-state index contributed by atoms with van der Waals surface area (Å²) in [6.45, 7) is 2.88. The lowest BCUT2D eigenvalue weighted by Crippen LogP contribution is -2.45. The van der Waals surface area contributed by atoms with Gasteiger partial charge in [-0.05, 0) is 31.6 Å². The second kappa shape index (κ2) is 6.02. The van der Waals surface area contributed by atoms with Gasteiger partial charge in [-0.2, -0.15) is 0 Å². The number of aliphatic hydroxyl groups is 1. The smallest absolute Gasteiger partial charge is 0.323 e. The van der Waals surface area contributed by atoms with Crippen LogP contribution in [0.3, 0.4) is 0 Å². The molecule has 104 valence electrons. The van der Waals surface area contributed by atoms with Crippen LogP contribution in [0.2, 0.25) is 0 Å². The van der Waals surface area contributed by atoms with Crippen LogP contribution in [0.5, 0.6) is 0 Å². The molecule has 0 aromatic heterocycles. The van der Waals surface area contributed by atoms with E-state index in [1.54, 1.807) is 0 Å². The number of rotatable bonds is 3. The van der Waals surface area contributed by atoms with Gasteiger partial charge in [0.2, 0.25) is 0 Å². The topological polar surface area (TPSA) is 49.8 Å². The molecule has 0 amide bonds. The number of carbonyl (C=O) groups excluding carboxylic acids is 1. The van der Waals surface area contributed by atoms with Crippen molar-refractivity contribution in [3.05, 3.63) is 0 Å². The van der Waals surface area contributed by atoms with Gasteiger partial charge in [-0.15, -0.1) is 0 Å². The van der Waals surface area contributed by atoms with Crippen LogP contribution in [0.1, 0.15) is 45.4 Å². The second-order valence-electron chi connectivity index (χ2n) is 5.71. The Balaban J connectivity index is 1.96. The van der Waals surface area contributed by atoms with E-state index in [9.17, 15) is 9.90 Å². The molecule has 2 atom stereocenters. The Morgan fingerprint density at radius 3 is 2.56 bits per heavy atom. The second-order valence-corrected chi connectivity index (χ2v) is 5.71. The summed E-state index contributed by atoms with van der Waals surface area (Å²) in [5.74, 6) is 0.662. The highest BCUT2D eigenvalue weighted by Crippen LogP contribution is 2.33. The molecule has 0 aromatic carbocycles. The monoisotopic (exact) mass is 255 g/mol. The summed E-state index contributed by atoms with van der Waals surface area (Å²) in [5.41, 5.74) is 0. The maximum absolute atomic E-state index is 11.8. The van der Waals surface area contributed by atoms with Gasteiger partial charge in [0.05, 0.1) is 13.2 Å². The van der Waals surface area contributed by atoms with Crippen LogP contribution in [-0.2, 0) is 9.53 Å². The van der Waals surface area contributed by atoms with Gasteiger partial charge in [0.25, 0.3) is 0 Å². The van der Waals surface area contributed by atoms with Crippen LogP contribution >= 0.6 is 0 Å². The maximum atomic E-state index is 11.8. The van der Waals surface area contributed by atoms with Gasteiger partial charge in [-0.1, -0.05) is 13.3 Å². The number of esters is 1. The molecule has 1 saturated carbocycles. The molecule has 2 aliphatic rings. The third kappa shape index (κ3) is 2.86. The SMILES string of the molecule is CCC1CCC(N2CC(O)CC2C(=O)OC)CC1. The Morgan fingerprint density at radius 2 is 2.00 bits per heavy atom. The lowest BCUT2D eigenvalue weighted by atomic mass is 9.84. The standard InChI is InChI=1S/C14H25NO3/c1-3-10-4-6-11(7-5-10)15-9-12(16)8-13(15)14(17)18-2/h10-13,16H,3-9H2,1-2H3. The molecule has 0 aromatic rings. The van der Waals surface area contributed by atoms with E-state index in [1.807, 2.05) is 0 Å². The van der Waals surface area contributed by atoms with Gasteiger partial charge in [-0.3, -0.25) is 9.69 Å². The van der Waals surface area contributed by atoms with Gasteiger partial charge in [0, 0.05) is 19.0 Å². The zero-order chi connectivity index (χ0) is 13.1. The lowest BCUT2D eigenvalue weighted by molar-refractivity contribution is -0.147. The van der Waals surface area contributed by atoms with Gasteiger partial charge in [0.1, 0.15) is 6.04 Å². The van der Waals surface area contributed by atoms with E-state index < -0.39 is 0 Å². The Bertz CT molecular complexity index is 287. The number of hydrogen-bond donors (Lipinski definition) is 1. The molecule has 0 radical (unpaired) electrons. The minimum atomic E-state index is -0.377. The highest BCUT2D eigenvalue weighted by molar-refractivity contribution is 5.76. The van der Waals surface area contributed by atoms with Crippen molar-refractivity contribution in [1.82, 2.24) is 4.90 Å². The van der Waals surface area contributed by atoms with Crippen molar-refractivity contribution in [1.29, 1.82) is 0 Å². The zero-order valence-corrected chi connectivity index (χ0v) is 11.5. The number of carbonyl (C=O) groups is 1. The number of methoxy groups -OCH3 is 1. The average Bonchev–Trinajstić information content (AvgIpc) is 2.80. The highest BCUT2D eigenvalue weighted by Gasteiger charge is 2.41. The fraction of sp³-hybridized carbons (Fsp3) is 0.929. The number of hydrogen-bond acceptors (Lipinski definition) is 4. The molecule has 0 spiro atoms. The van der Waals surface area contributed by atoms with Crippen LogP contribution in [0.25, 0.3) is 0 Å². The molecule has 1 saturated heterocycles. The Hall–Kier alpha value is -0.610. The fourth-order valence-corrected chi connectivity index (χ4v) is 3.49. The third-order valence-corrected chi connectivity index (χ3v) is 4.65. The molecule has 1 aliphatic carbocycles. The predicted molar refractivity (Wildman–Crippen MR) is 69.2 cm³/mol. The Morgan fingerprint density at radius 1 is 1.33 bits per heavy atom. The van der Waals surface area contributed by atoms with Crippen molar-refractivity contribution in [2.24, 2.45) is 5.92 Å². The molecule has 1 heterocycles. The van der Waals surface area contributed by atoms with E-state index in [-0.39, 0.29) is 18.1 Å². The van der Waals surface area contributed by atoms with Crippen molar-refractivity contribution in [2.75, 3.05) is 13.7 Å². The van der Waals surface area contributed by atoms with E-state index in [0.717, 1.165) is 18.8 Å². The predicted octanol–water partition coefficient (Wildman–Crippen LogP) is 1.56. The summed E-state index contributed by atoms with van der Waals surface area (Å²) in [6, 6.07) is 0.224. The number of β-amino-alcohol motifs (C(OH)–C–C–N with tert-alkyl or cyclic N) is 1.